The maximum absolute atomic E-state index is 5.76. The van der Waals surface area contributed by atoms with Crippen molar-refractivity contribution < 1.29 is 9.47 Å². The molecule has 0 atom stereocenters. The van der Waals surface area contributed by atoms with Gasteiger partial charge in [0.05, 0.1) is 0 Å². The van der Waals surface area contributed by atoms with Crippen LogP contribution in [0.25, 0.3) is 0 Å². The summed E-state index contributed by atoms with van der Waals surface area (Å²) in [6.07, 6.45) is 8.04. The van der Waals surface area contributed by atoms with Crippen LogP contribution in [0.3, 0.4) is 0 Å². The van der Waals surface area contributed by atoms with Gasteiger partial charge in [-0.15, -0.1) is 24.0 Å². The molecule has 0 aromatic carbocycles. The Balaban J connectivity index is 0.00000312. The van der Waals surface area contributed by atoms with Gasteiger partial charge in [0.1, 0.15) is 0 Å². The Morgan fingerprint density at radius 2 is 2.04 bits per heavy atom. The molecule has 1 aromatic rings. The van der Waals surface area contributed by atoms with E-state index < -0.39 is 0 Å². The maximum Gasteiger partial charge on any atom is 0.190 e. The van der Waals surface area contributed by atoms with Crippen LogP contribution < -0.4 is 10.6 Å². The van der Waals surface area contributed by atoms with Crippen molar-refractivity contribution in [2.24, 2.45) is 10.9 Å². The second-order valence-corrected chi connectivity index (χ2v) is 6.03. The van der Waals surface area contributed by atoms with Crippen molar-refractivity contribution in [2.75, 3.05) is 46.6 Å². The van der Waals surface area contributed by atoms with Gasteiger partial charge in [-0.2, -0.15) is 5.10 Å². The second kappa shape index (κ2) is 14.3. The lowest BCUT2D eigenvalue weighted by molar-refractivity contribution is 0.0203. The van der Waals surface area contributed by atoms with Crippen LogP contribution in [0.1, 0.15) is 25.7 Å². The summed E-state index contributed by atoms with van der Waals surface area (Å²) < 4.78 is 13.1. The van der Waals surface area contributed by atoms with Crippen LogP contribution in [0.15, 0.2) is 23.5 Å². The molecule has 0 bridgehead atoms. The zero-order valence-electron chi connectivity index (χ0n) is 15.2. The Hall–Kier alpha value is -0.870. The first kappa shape index (κ1) is 22.2. The lowest BCUT2D eigenvalue weighted by Gasteiger charge is -2.21. The van der Waals surface area contributed by atoms with Gasteiger partial charge in [-0.25, -0.2) is 0 Å². The number of nitrogens with zero attached hydrogens (tertiary/aromatic N) is 3. The summed E-state index contributed by atoms with van der Waals surface area (Å²) in [5, 5.41) is 10.8. The number of halogens is 1. The number of rotatable bonds is 10. The Morgan fingerprint density at radius 3 is 2.72 bits per heavy atom. The quantitative estimate of drug-likeness (QED) is 0.239. The Kier molecular flexibility index (Phi) is 12.7. The highest BCUT2D eigenvalue weighted by atomic mass is 127. The van der Waals surface area contributed by atoms with E-state index in [2.05, 4.69) is 20.7 Å². The number of hydrogen-bond donors (Lipinski definition) is 2. The number of guanidine groups is 1. The predicted octanol–water partition coefficient (Wildman–Crippen LogP) is 1.89. The lowest BCUT2D eigenvalue weighted by atomic mass is 10.0. The van der Waals surface area contributed by atoms with E-state index in [0.717, 1.165) is 77.7 Å². The molecular formula is C17H32IN5O2. The maximum atomic E-state index is 5.76. The fourth-order valence-corrected chi connectivity index (χ4v) is 2.65. The van der Waals surface area contributed by atoms with E-state index in [0.29, 0.717) is 5.92 Å². The van der Waals surface area contributed by atoms with E-state index in [-0.39, 0.29) is 24.0 Å². The molecule has 0 spiro atoms. The van der Waals surface area contributed by atoms with Crippen LogP contribution in [0.5, 0.6) is 0 Å². The van der Waals surface area contributed by atoms with E-state index in [1.807, 2.05) is 16.9 Å². The highest BCUT2D eigenvalue weighted by Crippen LogP contribution is 2.14. The van der Waals surface area contributed by atoms with Crippen molar-refractivity contribution in [1.82, 2.24) is 20.4 Å². The molecule has 0 saturated carbocycles. The summed E-state index contributed by atoms with van der Waals surface area (Å²) in [6.45, 7) is 6.09. The van der Waals surface area contributed by atoms with Crippen LogP contribution in [0.4, 0.5) is 0 Å². The molecule has 1 aliphatic rings. The van der Waals surface area contributed by atoms with E-state index in [4.69, 9.17) is 9.47 Å². The fourth-order valence-electron chi connectivity index (χ4n) is 2.65. The Morgan fingerprint density at radius 1 is 1.28 bits per heavy atom. The molecule has 0 radical (unpaired) electrons. The van der Waals surface area contributed by atoms with Gasteiger partial charge in [0.25, 0.3) is 0 Å². The fraction of sp³-hybridized carbons (Fsp3) is 0.765. The first-order chi connectivity index (χ1) is 11.9. The zero-order chi connectivity index (χ0) is 16.9. The number of ether oxygens (including phenoxy) is 2. The molecule has 1 fully saturated rings. The monoisotopic (exact) mass is 465 g/mol. The third-order valence-electron chi connectivity index (χ3n) is 4.09. The number of nitrogens with one attached hydrogen (secondary N) is 2. The van der Waals surface area contributed by atoms with Crippen molar-refractivity contribution in [1.29, 1.82) is 0 Å². The van der Waals surface area contributed by atoms with Gasteiger partial charge >= 0.3 is 0 Å². The summed E-state index contributed by atoms with van der Waals surface area (Å²) in [5.41, 5.74) is 0. The predicted molar refractivity (Wildman–Crippen MR) is 111 cm³/mol. The van der Waals surface area contributed by atoms with Gasteiger partial charge in [0.15, 0.2) is 5.96 Å². The topological polar surface area (TPSA) is 72.7 Å². The molecule has 1 saturated heterocycles. The Labute approximate surface area is 168 Å². The van der Waals surface area contributed by atoms with E-state index >= 15 is 0 Å². The summed E-state index contributed by atoms with van der Waals surface area (Å²) in [7, 11) is 1.80. The molecule has 7 nitrogen and oxygen atoms in total. The van der Waals surface area contributed by atoms with Gasteiger partial charge in [0, 0.05) is 65.5 Å². The molecule has 0 amide bonds. The van der Waals surface area contributed by atoms with Crippen molar-refractivity contribution in [3.63, 3.8) is 0 Å². The summed E-state index contributed by atoms with van der Waals surface area (Å²) in [5.74, 6) is 1.52. The second-order valence-electron chi connectivity index (χ2n) is 6.03. The van der Waals surface area contributed by atoms with Crippen LogP contribution in [0, 0.1) is 5.92 Å². The van der Waals surface area contributed by atoms with E-state index in [9.17, 15) is 0 Å². The molecule has 144 valence electrons. The summed E-state index contributed by atoms with van der Waals surface area (Å²) in [4.78, 5) is 4.23. The molecular weight excluding hydrogens is 433 g/mol. The number of aryl methyl sites for hydroxylation is 1. The summed E-state index contributed by atoms with van der Waals surface area (Å²) >= 11 is 0. The van der Waals surface area contributed by atoms with Gasteiger partial charge in [-0.3, -0.25) is 9.67 Å². The first-order valence-electron chi connectivity index (χ1n) is 8.96. The van der Waals surface area contributed by atoms with Crippen molar-refractivity contribution in [2.45, 2.75) is 32.2 Å². The molecule has 1 aromatic heterocycles. The largest absolute Gasteiger partial charge is 0.381 e. The average Bonchev–Trinajstić information content (AvgIpc) is 3.14. The number of hydrogen-bond acceptors (Lipinski definition) is 4. The zero-order valence-corrected chi connectivity index (χ0v) is 17.5. The number of aliphatic imine (C=N–C) groups is 1. The third kappa shape index (κ3) is 10.0. The minimum absolute atomic E-state index is 0. The number of aromatic nitrogens is 2. The molecule has 8 heteroatoms. The van der Waals surface area contributed by atoms with Crippen molar-refractivity contribution >= 4 is 29.9 Å². The van der Waals surface area contributed by atoms with Crippen molar-refractivity contribution in [3.8, 4) is 0 Å². The SMILES string of the molecule is CN=C(NCCCOCC1CCOCC1)NCCCn1cccn1.I. The van der Waals surface area contributed by atoms with E-state index in [1.165, 1.54) is 0 Å². The molecule has 25 heavy (non-hydrogen) atoms. The first-order valence-corrected chi connectivity index (χ1v) is 8.96. The van der Waals surface area contributed by atoms with Crippen molar-refractivity contribution in [3.05, 3.63) is 18.5 Å². The molecule has 2 rings (SSSR count). The summed E-state index contributed by atoms with van der Waals surface area (Å²) in [6, 6.07) is 1.94. The highest BCUT2D eigenvalue weighted by molar-refractivity contribution is 14.0. The van der Waals surface area contributed by atoms with Gasteiger partial charge < -0.3 is 20.1 Å². The minimum Gasteiger partial charge on any atom is -0.381 e. The van der Waals surface area contributed by atoms with Crippen LogP contribution in [-0.4, -0.2) is 62.3 Å². The van der Waals surface area contributed by atoms with Crippen LogP contribution >= 0.6 is 24.0 Å². The van der Waals surface area contributed by atoms with E-state index in [1.54, 1.807) is 13.2 Å². The van der Waals surface area contributed by atoms with Crippen LogP contribution in [0.2, 0.25) is 0 Å². The molecule has 1 aliphatic heterocycles. The molecule has 2 heterocycles. The molecule has 0 aliphatic carbocycles. The van der Waals surface area contributed by atoms with Gasteiger partial charge in [0.2, 0.25) is 0 Å². The smallest absolute Gasteiger partial charge is 0.190 e. The molecule has 2 N–H and O–H groups in total. The van der Waals surface area contributed by atoms with Gasteiger partial charge in [-0.1, -0.05) is 0 Å². The van der Waals surface area contributed by atoms with Gasteiger partial charge in [-0.05, 0) is 37.7 Å². The Bertz CT molecular complexity index is 450. The normalized spacial score (nSPS) is 15.6. The molecule has 0 unspecified atom stereocenters. The highest BCUT2D eigenvalue weighted by Gasteiger charge is 2.13. The average molecular weight is 465 g/mol. The lowest BCUT2D eigenvalue weighted by Crippen LogP contribution is -2.38. The van der Waals surface area contributed by atoms with Crippen LogP contribution in [-0.2, 0) is 16.0 Å². The third-order valence-corrected chi connectivity index (χ3v) is 4.09. The minimum atomic E-state index is 0. The standard InChI is InChI=1S/C17H31N5O2.HI/c1-18-17(19-7-2-10-22-11-3-9-21-22)20-8-4-12-24-15-16-5-13-23-14-6-16;/h3,9,11,16H,2,4-8,10,12-15H2,1H3,(H2,18,19,20);1H.